The van der Waals surface area contributed by atoms with Crippen LogP contribution >= 0.6 is 0 Å². The molecular formula is C16H18N6O4. The number of aryl methyl sites for hydroxylation is 1. The van der Waals surface area contributed by atoms with Gasteiger partial charge in [0.1, 0.15) is 5.75 Å². The number of hydrazone groups is 1. The molecule has 10 heteroatoms. The van der Waals surface area contributed by atoms with Crippen LogP contribution < -0.4 is 16.7 Å². The predicted octanol–water partition coefficient (Wildman–Crippen LogP) is -0.0443. The standard InChI is InChI=1S/C16H18N6O4/c1-9(23)8-22-12-13(21(2)16(26)19-14(12)25)18-15(22)20-17-7-10-3-5-11(24)6-4-10/h3-7,9,23-24H,8H2,1-2H3,(H,18,20)(H,19,25,26)/b17-7-/t9-/m1/s1. The van der Waals surface area contributed by atoms with Crippen LogP contribution in [-0.2, 0) is 13.6 Å². The van der Waals surface area contributed by atoms with E-state index in [1.807, 2.05) is 0 Å². The molecule has 1 atom stereocenters. The summed E-state index contributed by atoms with van der Waals surface area (Å²) in [6.45, 7) is 1.67. The maximum atomic E-state index is 12.2. The summed E-state index contributed by atoms with van der Waals surface area (Å²) in [6, 6.07) is 6.40. The molecule has 26 heavy (non-hydrogen) atoms. The Kier molecular flexibility index (Phi) is 4.59. The summed E-state index contributed by atoms with van der Waals surface area (Å²) in [5.74, 6) is 0.358. The zero-order valence-electron chi connectivity index (χ0n) is 14.2. The topological polar surface area (TPSA) is 138 Å². The molecular weight excluding hydrogens is 340 g/mol. The average Bonchev–Trinajstić information content (AvgIpc) is 2.93. The van der Waals surface area contributed by atoms with Crippen LogP contribution in [0.3, 0.4) is 0 Å². The molecule has 0 aliphatic rings. The molecule has 0 saturated carbocycles. The van der Waals surface area contributed by atoms with Gasteiger partial charge in [0.2, 0.25) is 5.95 Å². The van der Waals surface area contributed by atoms with Gasteiger partial charge >= 0.3 is 5.69 Å². The van der Waals surface area contributed by atoms with E-state index in [0.717, 1.165) is 5.56 Å². The third-order valence-electron chi connectivity index (χ3n) is 3.73. The Labute approximate surface area is 147 Å². The second-order valence-electron chi connectivity index (χ2n) is 5.85. The van der Waals surface area contributed by atoms with Crippen LogP contribution in [0.2, 0.25) is 0 Å². The fourth-order valence-corrected chi connectivity index (χ4v) is 2.49. The van der Waals surface area contributed by atoms with Crippen molar-refractivity contribution in [3.8, 4) is 5.75 Å². The maximum Gasteiger partial charge on any atom is 0.329 e. The average molecular weight is 358 g/mol. The number of aromatic hydroxyl groups is 1. The largest absolute Gasteiger partial charge is 0.508 e. The van der Waals surface area contributed by atoms with Crippen molar-refractivity contribution in [3.63, 3.8) is 0 Å². The van der Waals surface area contributed by atoms with E-state index in [1.54, 1.807) is 19.1 Å². The zero-order chi connectivity index (χ0) is 18.8. The number of H-pyrrole nitrogens is 1. The van der Waals surface area contributed by atoms with Gasteiger partial charge in [0.15, 0.2) is 11.2 Å². The number of benzene rings is 1. The van der Waals surface area contributed by atoms with Gasteiger partial charge in [0.05, 0.1) is 18.9 Å². The van der Waals surface area contributed by atoms with E-state index in [4.69, 9.17) is 0 Å². The molecule has 0 unspecified atom stereocenters. The molecule has 10 nitrogen and oxygen atoms in total. The number of aromatic amines is 1. The minimum atomic E-state index is -0.745. The quantitative estimate of drug-likeness (QED) is 0.373. The van der Waals surface area contributed by atoms with Gasteiger partial charge in [0, 0.05) is 7.05 Å². The van der Waals surface area contributed by atoms with E-state index < -0.39 is 17.4 Å². The van der Waals surface area contributed by atoms with Gasteiger partial charge < -0.3 is 14.8 Å². The Morgan fingerprint density at radius 2 is 2.04 bits per heavy atom. The molecule has 0 fully saturated rings. The van der Waals surface area contributed by atoms with E-state index in [-0.39, 0.29) is 29.4 Å². The second kappa shape index (κ2) is 6.84. The number of hydrogen-bond donors (Lipinski definition) is 4. The first kappa shape index (κ1) is 17.4. The van der Waals surface area contributed by atoms with Crippen molar-refractivity contribution in [2.24, 2.45) is 12.1 Å². The molecule has 0 amide bonds. The SMILES string of the molecule is C[C@@H](O)Cn1c(N/N=C\c2ccc(O)cc2)nc2c1c(=O)[nH]c(=O)n2C. The van der Waals surface area contributed by atoms with E-state index in [9.17, 15) is 19.8 Å². The van der Waals surface area contributed by atoms with E-state index in [2.05, 4.69) is 20.5 Å². The lowest BCUT2D eigenvalue weighted by Gasteiger charge is -2.09. The number of nitrogens with zero attached hydrogens (tertiary/aromatic N) is 4. The molecule has 4 N–H and O–H groups in total. The van der Waals surface area contributed by atoms with Crippen molar-refractivity contribution < 1.29 is 10.2 Å². The van der Waals surface area contributed by atoms with Crippen LogP contribution in [0, 0.1) is 0 Å². The number of aliphatic hydroxyl groups is 1. The summed E-state index contributed by atoms with van der Waals surface area (Å²) >= 11 is 0. The Balaban J connectivity index is 2.02. The highest BCUT2D eigenvalue weighted by atomic mass is 16.3. The highest BCUT2D eigenvalue weighted by molar-refractivity contribution is 5.80. The lowest BCUT2D eigenvalue weighted by molar-refractivity contribution is 0.175. The summed E-state index contributed by atoms with van der Waals surface area (Å²) < 4.78 is 2.68. The van der Waals surface area contributed by atoms with Crippen LogP contribution in [-0.4, -0.2) is 41.6 Å². The van der Waals surface area contributed by atoms with Crippen molar-refractivity contribution >= 4 is 23.3 Å². The highest BCUT2D eigenvalue weighted by Crippen LogP contribution is 2.16. The first-order chi connectivity index (χ1) is 12.4. The van der Waals surface area contributed by atoms with Crippen molar-refractivity contribution in [1.29, 1.82) is 0 Å². The molecule has 0 aliphatic heterocycles. The molecule has 0 spiro atoms. The lowest BCUT2D eigenvalue weighted by Crippen LogP contribution is -2.29. The molecule has 0 aliphatic carbocycles. The monoisotopic (exact) mass is 358 g/mol. The molecule has 3 aromatic rings. The Morgan fingerprint density at radius 1 is 1.35 bits per heavy atom. The Bertz CT molecular complexity index is 1080. The molecule has 136 valence electrons. The van der Waals surface area contributed by atoms with Crippen molar-refractivity contribution in [1.82, 2.24) is 19.1 Å². The Morgan fingerprint density at radius 3 is 2.69 bits per heavy atom. The predicted molar refractivity (Wildman–Crippen MR) is 96.6 cm³/mol. The fraction of sp³-hybridized carbons (Fsp3) is 0.250. The summed E-state index contributed by atoms with van der Waals surface area (Å²) in [6.07, 6.45) is 0.764. The van der Waals surface area contributed by atoms with Gasteiger partial charge in [-0.05, 0) is 36.8 Å². The van der Waals surface area contributed by atoms with Crippen LogP contribution in [0.4, 0.5) is 5.95 Å². The number of anilines is 1. The summed E-state index contributed by atoms with van der Waals surface area (Å²) in [4.78, 5) is 30.4. The number of nitrogens with one attached hydrogen (secondary N) is 2. The number of phenolic OH excluding ortho intramolecular Hbond substituents is 1. The van der Waals surface area contributed by atoms with Crippen LogP contribution in [0.5, 0.6) is 5.75 Å². The summed E-state index contributed by atoms with van der Waals surface area (Å²) in [5, 5.41) is 23.1. The second-order valence-corrected chi connectivity index (χ2v) is 5.85. The zero-order valence-corrected chi connectivity index (χ0v) is 14.2. The minimum Gasteiger partial charge on any atom is -0.508 e. The number of aromatic nitrogens is 4. The van der Waals surface area contributed by atoms with Gasteiger partial charge in [-0.3, -0.25) is 14.3 Å². The summed E-state index contributed by atoms with van der Waals surface area (Å²) in [5.41, 5.74) is 2.63. The number of imidazole rings is 1. The van der Waals surface area contributed by atoms with Crippen LogP contribution in [0.15, 0.2) is 39.0 Å². The molecule has 1 aromatic carbocycles. The smallest absolute Gasteiger partial charge is 0.329 e. The number of hydrogen-bond acceptors (Lipinski definition) is 7. The molecule has 0 radical (unpaired) electrons. The molecule has 2 aromatic heterocycles. The molecule has 3 rings (SSSR count). The first-order valence-corrected chi connectivity index (χ1v) is 7.82. The van der Waals surface area contributed by atoms with Gasteiger partial charge in [-0.25, -0.2) is 10.2 Å². The van der Waals surface area contributed by atoms with Gasteiger partial charge in [-0.1, -0.05) is 0 Å². The number of phenols is 1. The third-order valence-corrected chi connectivity index (χ3v) is 3.73. The van der Waals surface area contributed by atoms with Gasteiger partial charge in [0.25, 0.3) is 5.56 Å². The highest BCUT2D eigenvalue weighted by Gasteiger charge is 2.18. The van der Waals surface area contributed by atoms with Crippen LogP contribution in [0.1, 0.15) is 12.5 Å². The van der Waals surface area contributed by atoms with E-state index in [1.165, 1.54) is 34.5 Å². The fourth-order valence-electron chi connectivity index (χ4n) is 2.49. The normalized spacial score (nSPS) is 12.7. The van der Waals surface area contributed by atoms with Crippen molar-refractivity contribution in [3.05, 3.63) is 50.7 Å². The first-order valence-electron chi connectivity index (χ1n) is 7.82. The summed E-state index contributed by atoms with van der Waals surface area (Å²) in [7, 11) is 1.49. The lowest BCUT2D eigenvalue weighted by atomic mass is 10.2. The van der Waals surface area contributed by atoms with Crippen molar-refractivity contribution in [2.75, 3.05) is 5.43 Å². The van der Waals surface area contributed by atoms with E-state index >= 15 is 0 Å². The van der Waals surface area contributed by atoms with Gasteiger partial charge in [-0.15, -0.1) is 0 Å². The molecule has 2 heterocycles. The molecule has 0 bridgehead atoms. The number of rotatable bonds is 5. The number of fused-ring (bicyclic) bond motifs is 1. The third kappa shape index (κ3) is 3.35. The number of aliphatic hydroxyl groups excluding tert-OH is 1. The maximum absolute atomic E-state index is 12.2. The van der Waals surface area contributed by atoms with Crippen molar-refractivity contribution in [2.45, 2.75) is 19.6 Å². The Hall–Kier alpha value is -3.40. The minimum absolute atomic E-state index is 0.0921. The van der Waals surface area contributed by atoms with Crippen LogP contribution in [0.25, 0.3) is 11.2 Å². The van der Waals surface area contributed by atoms with E-state index in [0.29, 0.717) is 0 Å². The van der Waals surface area contributed by atoms with Gasteiger partial charge in [-0.2, -0.15) is 10.1 Å². The molecule has 0 saturated heterocycles.